The van der Waals surface area contributed by atoms with Gasteiger partial charge < -0.3 is 5.32 Å². The van der Waals surface area contributed by atoms with Gasteiger partial charge in [0, 0.05) is 10.6 Å². The molecule has 3 nitrogen and oxygen atoms in total. The van der Waals surface area contributed by atoms with E-state index in [9.17, 15) is 0 Å². The van der Waals surface area contributed by atoms with Crippen LogP contribution in [0, 0.1) is 25.2 Å². The lowest BCUT2D eigenvalue weighted by Gasteiger charge is -2.06. The standard InChI is InChI=1S/C13H13N3S/c1-9-3-4-17-12(9)8-15-13-6-11(7-14)5-10(2)16-13/h3-6H,8H2,1-2H3,(H,15,16). The summed E-state index contributed by atoms with van der Waals surface area (Å²) < 4.78 is 0. The zero-order chi connectivity index (χ0) is 12.3. The number of pyridine rings is 1. The van der Waals surface area contributed by atoms with Crippen LogP contribution in [0.15, 0.2) is 23.6 Å². The van der Waals surface area contributed by atoms with E-state index in [1.807, 2.05) is 6.92 Å². The molecule has 0 aliphatic carbocycles. The fourth-order valence-corrected chi connectivity index (χ4v) is 2.43. The van der Waals surface area contributed by atoms with Gasteiger partial charge in [-0.05, 0) is 43.0 Å². The summed E-state index contributed by atoms with van der Waals surface area (Å²) in [6, 6.07) is 7.79. The first-order chi connectivity index (χ1) is 8.19. The number of nitrogens with zero attached hydrogens (tertiary/aromatic N) is 2. The lowest BCUT2D eigenvalue weighted by molar-refractivity contribution is 1.10. The topological polar surface area (TPSA) is 48.7 Å². The molecule has 0 saturated carbocycles. The molecule has 17 heavy (non-hydrogen) atoms. The van der Waals surface area contributed by atoms with E-state index >= 15 is 0 Å². The van der Waals surface area contributed by atoms with Crippen LogP contribution in [0.3, 0.4) is 0 Å². The van der Waals surface area contributed by atoms with Crippen LogP contribution >= 0.6 is 11.3 Å². The van der Waals surface area contributed by atoms with Crippen LogP contribution in [0.5, 0.6) is 0 Å². The Morgan fingerprint density at radius 1 is 1.41 bits per heavy atom. The molecule has 0 atom stereocenters. The Morgan fingerprint density at radius 3 is 2.88 bits per heavy atom. The van der Waals surface area contributed by atoms with Gasteiger partial charge >= 0.3 is 0 Å². The average molecular weight is 243 g/mol. The van der Waals surface area contributed by atoms with Crippen LogP contribution in [0.2, 0.25) is 0 Å². The summed E-state index contributed by atoms with van der Waals surface area (Å²) in [7, 11) is 0. The Hall–Kier alpha value is -1.86. The molecular weight excluding hydrogens is 230 g/mol. The minimum atomic E-state index is 0.642. The third kappa shape index (κ3) is 2.83. The van der Waals surface area contributed by atoms with Crippen LogP contribution < -0.4 is 5.32 Å². The molecule has 0 aromatic carbocycles. The molecule has 0 aliphatic heterocycles. The van der Waals surface area contributed by atoms with E-state index < -0.39 is 0 Å². The minimum Gasteiger partial charge on any atom is -0.365 e. The highest BCUT2D eigenvalue weighted by atomic mass is 32.1. The zero-order valence-corrected chi connectivity index (χ0v) is 10.6. The molecule has 0 saturated heterocycles. The molecule has 0 aliphatic rings. The predicted octanol–water partition coefficient (Wildman–Crippen LogP) is 3.24. The number of anilines is 1. The number of aryl methyl sites for hydroxylation is 2. The van der Waals surface area contributed by atoms with Crippen molar-refractivity contribution in [3.05, 3.63) is 45.3 Å². The summed E-state index contributed by atoms with van der Waals surface area (Å²) in [5.41, 5.74) is 2.79. The predicted molar refractivity (Wildman–Crippen MR) is 70.1 cm³/mol. The third-order valence-electron chi connectivity index (χ3n) is 2.48. The smallest absolute Gasteiger partial charge is 0.127 e. The van der Waals surface area contributed by atoms with Crippen molar-refractivity contribution >= 4 is 17.2 Å². The van der Waals surface area contributed by atoms with Gasteiger partial charge in [-0.15, -0.1) is 11.3 Å². The molecule has 2 rings (SSSR count). The van der Waals surface area contributed by atoms with Crippen LogP contribution in [-0.2, 0) is 6.54 Å². The lowest BCUT2D eigenvalue weighted by Crippen LogP contribution is -2.02. The van der Waals surface area contributed by atoms with Crippen molar-refractivity contribution in [1.29, 1.82) is 5.26 Å². The molecule has 2 aromatic heterocycles. The molecule has 0 spiro atoms. The maximum atomic E-state index is 8.88. The first-order valence-corrected chi connectivity index (χ1v) is 6.22. The SMILES string of the molecule is Cc1cc(C#N)cc(NCc2sccc2C)n1. The summed E-state index contributed by atoms with van der Waals surface area (Å²) >= 11 is 1.73. The van der Waals surface area contributed by atoms with Gasteiger partial charge in [-0.1, -0.05) is 0 Å². The molecule has 0 unspecified atom stereocenters. The van der Waals surface area contributed by atoms with Crippen LogP contribution in [0.1, 0.15) is 21.7 Å². The van der Waals surface area contributed by atoms with Gasteiger partial charge in [-0.2, -0.15) is 5.26 Å². The van der Waals surface area contributed by atoms with Crippen molar-refractivity contribution in [3.63, 3.8) is 0 Å². The Morgan fingerprint density at radius 2 is 2.24 bits per heavy atom. The van der Waals surface area contributed by atoms with Crippen molar-refractivity contribution in [3.8, 4) is 6.07 Å². The van der Waals surface area contributed by atoms with Crippen molar-refractivity contribution in [1.82, 2.24) is 4.98 Å². The summed E-state index contributed by atoms with van der Waals surface area (Å²) in [6.45, 7) is 4.74. The fourth-order valence-electron chi connectivity index (χ4n) is 1.58. The van der Waals surface area contributed by atoms with Crippen molar-refractivity contribution in [2.24, 2.45) is 0 Å². The van der Waals surface area contributed by atoms with Gasteiger partial charge in [0.05, 0.1) is 18.2 Å². The van der Waals surface area contributed by atoms with Crippen molar-refractivity contribution < 1.29 is 0 Å². The van der Waals surface area contributed by atoms with E-state index in [1.165, 1.54) is 10.4 Å². The number of aromatic nitrogens is 1. The van der Waals surface area contributed by atoms with Crippen molar-refractivity contribution in [2.45, 2.75) is 20.4 Å². The molecule has 0 radical (unpaired) electrons. The first kappa shape index (κ1) is 11.6. The van der Waals surface area contributed by atoms with E-state index in [1.54, 1.807) is 23.5 Å². The van der Waals surface area contributed by atoms with Gasteiger partial charge in [0.25, 0.3) is 0 Å². The van der Waals surface area contributed by atoms with Crippen LogP contribution in [0.4, 0.5) is 5.82 Å². The summed E-state index contributed by atoms with van der Waals surface area (Å²) in [5.74, 6) is 0.759. The highest BCUT2D eigenvalue weighted by Gasteiger charge is 2.02. The molecule has 0 amide bonds. The molecular formula is C13H13N3S. The van der Waals surface area contributed by atoms with Gasteiger partial charge in [-0.25, -0.2) is 4.98 Å². The average Bonchev–Trinajstić information content (AvgIpc) is 2.71. The van der Waals surface area contributed by atoms with Gasteiger partial charge in [0.2, 0.25) is 0 Å². The number of rotatable bonds is 3. The van der Waals surface area contributed by atoms with E-state index in [2.05, 4.69) is 34.7 Å². The summed E-state index contributed by atoms with van der Waals surface area (Å²) in [6.07, 6.45) is 0. The van der Waals surface area contributed by atoms with E-state index in [0.29, 0.717) is 5.56 Å². The minimum absolute atomic E-state index is 0.642. The fraction of sp³-hybridized carbons (Fsp3) is 0.231. The van der Waals surface area contributed by atoms with Crippen molar-refractivity contribution in [2.75, 3.05) is 5.32 Å². The normalized spacial score (nSPS) is 9.94. The lowest BCUT2D eigenvalue weighted by atomic mass is 10.2. The highest BCUT2D eigenvalue weighted by molar-refractivity contribution is 7.10. The van der Waals surface area contributed by atoms with Crippen LogP contribution in [-0.4, -0.2) is 4.98 Å². The molecule has 1 N–H and O–H groups in total. The molecule has 86 valence electrons. The highest BCUT2D eigenvalue weighted by Crippen LogP contribution is 2.17. The van der Waals surface area contributed by atoms with E-state index in [-0.39, 0.29) is 0 Å². The number of thiophene rings is 1. The van der Waals surface area contributed by atoms with Gasteiger partial charge in [-0.3, -0.25) is 0 Å². The second kappa shape index (κ2) is 4.98. The number of hydrogen-bond donors (Lipinski definition) is 1. The van der Waals surface area contributed by atoms with E-state index in [4.69, 9.17) is 5.26 Å². The number of nitrogens with one attached hydrogen (secondary N) is 1. The maximum Gasteiger partial charge on any atom is 0.127 e. The first-order valence-electron chi connectivity index (χ1n) is 5.34. The third-order valence-corrected chi connectivity index (χ3v) is 3.50. The maximum absolute atomic E-state index is 8.88. The van der Waals surface area contributed by atoms with Gasteiger partial charge in [0.15, 0.2) is 0 Å². The molecule has 0 bridgehead atoms. The Bertz CT molecular complexity index is 566. The Labute approximate surface area is 105 Å². The molecule has 0 fully saturated rings. The van der Waals surface area contributed by atoms with E-state index in [0.717, 1.165) is 18.1 Å². The monoisotopic (exact) mass is 243 g/mol. The van der Waals surface area contributed by atoms with Crippen LogP contribution in [0.25, 0.3) is 0 Å². The Balaban J connectivity index is 2.12. The molecule has 4 heteroatoms. The largest absolute Gasteiger partial charge is 0.365 e. The van der Waals surface area contributed by atoms with Gasteiger partial charge in [0.1, 0.15) is 5.82 Å². The second-order valence-electron chi connectivity index (χ2n) is 3.87. The molecule has 2 heterocycles. The summed E-state index contributed by atoms with van der Waals surface area (Å²) in [4.78, 5) is 5.65. The quantitative estimate of drug-likeness (QED) is 0.900. The summed E-state index contributed by atoms with van der Waals surface area (Å²) in [5, 5.41) is 14.2. The zero-order valence-electron chi connectivity index (χ0n) is 9.82. The number of hydrogen-bond acceptors (Lipinski definition) is 4. The Kier molecular flexibility index (Phi) is 3.40. The number of nitriles is 1. The molecule has 2 aromatic rings. The second-order valence-corrected chi connectivity index (χ2v) is 4.88.